The van der Waals surface area contributed by atoms with Gasteiger partial charge in [-0.05, 0) is 24.3 Å². The van der Waals surface area contributed by atoms with Crippen LogP contribution >= 0.6 is 35.7 Å². The van der Waals surface area contributed by atoms with E-state index in [0.717, 1.165) is 0 Å². The van der Waals surface area contributed by atoms with E-state index in [0.29, 0.717) is 5.17 Å². The number of nitrogens with one attached hydrogen (secondary N) is 2. The summed E-state index contributed by atoms with van der Waals surface area (Å²) in [6, 6.07) is 18.7. The average Bonchev–Trinajstić information content (AvgIpc) is 2.46. The third-order valence-electron chi connectivity index (χ3n) is 3.02. The summed E-state index contributed by atoms with van der Waals surface area (Å²) in [5.74, 6) is 0. The van der Waals surface area contributed by atoms with Gasteiger partial charge in [-0.15, -0.1) is 24.0 Å². The molecular weight excluding hydrogens is 379 g/mol. The molecule has 2 rings (SSSR count). The van der Waals surface area contributed by atoms with Gasteiger partial charge in [0.25, 0.3) is 0 Å². The summed E-state index contributed by atoms with van der Waals surface area (Å²) in [6.07, 6.45) is 1.91. The minimum atomic E-state index is 0. The van der Waals surface area contributed by atoms with Crippen molar-refractivity contribution >= 4 is 40.9 Å². The van der Waals surface area contributed by atoms with Gasteiger partial charge in [0.1, 0.15) is 0 Å². The number of rotatable bonds is 3. The number of amidine groups is 1. The van der Waals surface area contributed by atoms with Gasteiger partial charge in [-0.1, -0.05) is 71.9 Å². The first-order chi connectivity index (χ1) is 9.20. The Bertz CT molecular complexity index is 540. The second kappa shape index (κ2) is 8.32. The number of aryl methyl sites for hydroxylation is 1. The van der Waals surface area contributed by atoms with Crippen molar-refractivity contribution in [1.82, 2.24) is 5.32 Å². The van der Waals surface area contributed by atoms with Gasteiger partial charge in [0.15, 0.2) is 5.17 Å². The van der Waals surface area contributed by atoms with Crippen molar-refractivity contribution in [3.05, 3.63) is 71.3 Å². The fourth-order valence-electron chi connectivity index (χ4n) is 1.95. The summed E-state index contributed by atoms with van der Waals surface area (Å²) in [7, 11) is 0. The van der Waals surface area contributed by atoms with Crippen molar-refractivity contribution in [2.45, 2.75) is 13.0 Å². The van der Waals surface area contributed by atoms with Crippen LogP contribution in [-0.4, -0.2) is 11.4 Å². The molecule has 1 atom stereocenters. The third-order valence-corrected chi connectivity index (χ3v) is 3.55. The largest absolute Gasteiger partial charge is 0.354 e. The van der Waals surface area contributed by atoms with Gasteiger partial charge in [0.2, 0.25) is 0 Å². The Kier molecular flexibility index (Phi) is 7.09. The summed E-state index contributed by atoms with van der Waals surface area (Å²) in [6.45, 7) is 2.08. The van der Waals surface area contributed by atoms with Crippen LogP contribution in [0.3, 0.4) is 0 Å². The highest BCUT2D eigenvalue weighted by Crippen LogP contribution is 2.23. The Morgan fingerprint density at radius 2 is 1.55 bits per heavy atom. The summed E-state index contributed by atoms with van der Waals surface area (Å²) >= 11 is 1.42. The smallest absolute Gasteiger partial charge is 0.154 e. The lowest BCUT2D eigenvalue weighted by molar-refractivity contribution is 0.767. The molecule has 0 fully saturated rings. The number of benzene rings is 2. The Morgan fingerprint density at radius 3 is 2.10 bits per heavy atom. The fraction of sp³-hybridized carbons (Fsp3) is 0.188. The first kappa shape index (κ1) is 17.0. The molecule has 2 N–H and O–H groups in total. The van der Waals surface area contributed by atoms with Crippen LogP contribution in [0.25, 0.3) is 0 Å². The monoisotopic (exact) mass is 398 g/mol. The van der Waals surface area contributed by atoms with E-state index in [2.05, 4.69) is 48.6 Å². The fourth-order valence-corrected chi connectivity index (χ4v) is 2.19. The van der Waals surface area contributed by atoms with E-state index in [1.165, 1.54) is 28.5 Å². The van der Waals surface area contributed by atoms with Crippen molar-refractivity contribution < 1.29 is 0 Å². The topological polar surface area (TPSA) is 35.9 Å². The molecule has 1 unspecified atom stereocenters. The molecule has 0 aliphatic heterocycles. The molecule has 0 saturated carbocycles. The summed E-state index contributed by atoms with van der Waals surface area (Å²) in [5.41, 5.74) is 3.59. The molecule has 2 nitrogen and oxygen atoms in total. The van der Waals surface area contributed by atoms with E-state index in [1.807, 2.05) is 24.5 Å². The molecule has 0 aromatic heterocycles. The van der Waals surface area contributed by atoms with Crippen molar-refractivity contribution in [2.75, 3.05) is 6.26 Å². The van der Waals surface area contributed by atoms with Gasteiger partial charge < -0.3 is 5.32 Å². The van der Waals surface area contributed by atoms with Crippen LogP contribution in [0.15, 0.2) is 54.6 Å². The van der Waals surface area contributed by atoms with Crippen LogP contribution in [0, 0.1) is 12.3 Å². The van der Waals surface area contributed by atoms with Gasteiger partial charge >= 0.3 is 0 Å². The highest BCUT2D eigenvalue weighted by Gasteiger charge is 2.14. The van der Waals surface area contributed by atoms with E-state index in [-0.39, 0.29) is 30.0 Å². The zero-order valence-corrected chi connectivity index (χ0v) is 14.7. The van der Waals surface area contributed by atoms with Crippen LogP contribution < -0.4 is 5.32 Å². The maximum absolute atomic E-state index is 7.86. The first-order valence-corrected chi connectivity index (χ1v) is 7.44. The molecule has 0 bridgehead atoms. The van der Waals surface area contributed by atoms with Gasteiger partial charge in [-0.3, -0.25) is 5.41 Å². The number of halogens is 1. The molecule has 2 aromatic rings. The number of hydrogen-bond donors (Lipinski definition) is 2. The zero-order chi connectivity index (χ0) is 13.7. The third kappa shape index (κ3) is 4.52. The lowest BCUT2D eigenvalue weighted by atomic mass is 9.98. The van der Waals surface area contributed by atoms with Crippen LogP contribution in [0.4, 0.5) is 0 Å². The van der Waals surface area contributed by atoms with Gasteiger partial charge in [0, 0.05) is 0 Å². The minimum absolute atomic E-state index is 0. The lowest BCUT2D eigenvalue weighted by Gasteiger charge is -2.20. The zero-order valence-electron chi connectivity index (χ0n) is 11.6. The second-order valence-corrected chi connectivity index (χ2v) is 5.25. The number of hydrogen-bond acceptors (Lipinski definition) is 2. The molecule has 0 radical (unpaired) electrons. The Balaban J connectivity index is 0.00000200. The van der Waals surface area contributed by atoms with Gasteiger partial charge in [-0.25, -0.2) is 0 Å². The van der Waals surface area contributed by atoms with Gasteiger partial charge in [-0.2, -0.15) is 0 Å². The molecule has 0 aliphatic rings. The maximum atomic E-state index is 7.86. The quantitative estimate of drug-likeness (QED) is 0.451. The van der Waals surface area contributed by atoms with Crippen molar-refractivity contribution in [1.29, 1.82) is 5.41 Å². The lowest BCUT2D eigenvalue weighted by Crippen LogP contribution is -2.26. The Morgan fingerprint density at radius 1 is 1.00 bits per heavy atom. The summed E-state index contributed by atoms with van der Waals surface area (Å²) < 4.78 is 0. The highest BCUT2D eigenvalue weighted by molar-refractivity contribution is 14.0. The Labute approximate surface area is 141 Å². The van der Waals surface area contributed by atoms with Crippen molar-refractivity contribution in [3.8, 4) is 0 Å². The van der Waals surface area contributed by atoms with E-state index in [1.54, 1.807) is 0 Å². The molecule has 0 spiro atoms. The normalized spacial score (nSPS) is 11.3. The highest BCUT2D eigenvalue weighted by atomic mass is 127. The predicted molar refractivity (Wildman–Crippen MR) is 99.3 cm³/mol. The summed E-state index contributed by atoms with van der Waals surface area (Å²) in [5, 5.41) is 11.6. The minimum Gasteiger partial charge on any atom is -0.354 e. The van der Waals surface area contributed by atoms with Crippen LogP contribution in [0.5, 0.6) is 0 Å². The maximum Gasteiger partial charge on any atom is 0.154 e. The predicted octanol–water partition coefficient (Wildman–Crippen LogP) is 4.59. The van der Waals surface area contributed by atoms with Gasteiger partial charge in [0.05, 0.1) is 6.04 Å². The molecule has 4 heteroatoms. The average molecular weight is 398 g/mol. The van der Waals surface area contributed by atoms with Crippen LogP contribution in [0.1, 0.15) is 22.7 Å². The first-order valence-electron chi connectivity index (χ1n) is 6.21. The van der Waals surface area contributed by atoms with E-state index < -0.39 is 0 Å². The van der Waals surface area contributed by atoms with E-state index >= 15 is 0 Å². The Hall–Kier alpha value is -1.01. The van der Waals surface area contributed by atoms with Crippen molar-refractivity contribution in [2.24, 2.45) is 0 Å². The van der Waals surface area contributed by atoms with E-state index in [9.17, 15) is 0 Å². The van der Waals surface area contributed by atoms with Crippen LogP contribution in [-0.2, 0) is 0 Å². The summed E-state index contributed by atoms with van der Waals surface area (Å²) in [4.78, 5) is 0. The second-order valence-electron chi connectivity index (χ2n) is 4.43. The van der Waals surface area contributed by atoms with Crippen LogP contribution in [0.2, 0.25) is 0 Å². The molecule has 2 aromatic carbocycles. The molecule has 106 valence electrons. The molecule has 0 heterocycles. The molecular formula is C16H19IN2S. The SMILES string of the molecule is CSC(=N)NC(c1ccccc1)c1ccc(C)cc1.I. The molecule has 0 amide bonds. The van der Waals surface area contributed by atoms with Crippen molar-refractivity contribution in [3.63, 3.8) is 0 Å². The molecule has 0 saturated heterocycles. The van der Waals surface area contributed by atoms with E-state index in [4.69, 9.17) is 5.41 Å². The standard InChI is InChI=1S/C16H18N2S.HI/c1-12-8-10-14(11-9-12)15(18-16(17)19-2)13-6-4-3-5-7-13;/h3-11,15H,1-2H3,(H2,17,18);1H. The molecule has 20 heavy (non-hydrogen) atoms. The molecule has 0 aliphatic carbocycles. The number of thioether (sulfide) groups is 1.